The summed E-state index contributed by atoms with van der Waals surface area (Å²) in [6, 6.07) is 8.03. The Morgan fingerprint density at radius 2 is 2.04 bits per heavy atom. The zero-order valence-electron chi connectivity index (χ0n) is 14.9. The highest BCUT2D eigenvalue weighted by Crippen LogP contribution is 2.26. The number of nitrogens with zero attached hydrogens (tertiary/aromatic N) is 3. The minimum absolute atomic E-state index is 0.509. The molecule has 0 aliphatic carbocycles. The molecule has 0 amide bonds. The Morgan fingerprint density at radius 1 is 1.20 bits per heavy atom. The SMILES string of the molecule is C=C(c1ccn2ncc(CCCCCC)c2c1)c1ccc(Cl)nc1C. The van der Waals surface area contributed by atoms with Gasteiger partial charge in [0.1, 0.15) is 5.15 Å². The fourth-order valence-corrected chi connectivity index (χ4v) is 3.35. The van der Waals surface area contributed by atoms with E-state index in [4.69, 9.17) is 11.6 Å². The van der Waals surface area contributed by atoms with Crippen molar-refractivity contribution in [1.29, 1.82) is 0 Å². The molecule has 0 fully saturated rings. The number of halogens is 1. The number of fused-ring (bicyclic) bond motifs is 1. The summed E-state index contributed by atoms with van der Waals surface area (Å²) < 4.78 is 1.94. The van der Waals surface area contributed by atoms with Crippen molar-refractivity contribution >= 4 is 22.7 Å². The smallest absolute Gasteiger partial charge is 0.129 e. The highest BCUT2D eigenvalue weighted by atomic mass is 35.5. The molecule has 3 aromatic heterocycles. The highest BCUT2D eigenvalue weighted by Gasteiger charge is 2.10. The van der Waals surface area contributed by atoms with Crippen LogP contribution in [-0.4, -0.2) is 14.6 Å². The molecule has 3 heterocycles. The van der Waals surface area contributed by atoms with Gasteiger partial charge in [-0.3, -0.25) is 0 Å². The number of aromatic nitrogens is 3. The van der Waals surface area contributed by atoms with Gasteiger partial charge in [-0.1, -0.05) is 44.4 Å². The topological polar surface area (TPSA) is 30.2 Å². The molecule has 0 saturated heterocycles. The van der Waals surface area contributed by atoms with E-state index in [2.05, 4.69) is 35.7 Å². The molecule has 0 radical (unpaired) electrons. The third-order valence-corrected chi connectivity index (χ3v) is 4.84. The van der Waals surface area contributed by atoms with E-state index in [9.17, 15) is 0 Å². The van der Waals surface area contributed by atoms with Crippen LogP contribution in [0.5, 0.6) is 0 Å². The van der Waals surface area contributed by atoms with Gasteiger partial charge in [0.05, 0.1) is 11.7 Å². The predicted molar refractivity (Wildman–Crippen MR) is 105 cm³/mol. The summed E-state index contributed by atoms with van der Waals surface area (Å²) in [7, 11) is 0. The Hall–Kier alpha value is -2.13. The number of pyridine rings is 2. The predicted octanol–water partition coefficient (Wildman–Crippen LogP) is 5.88. The van der Waals surface area contributed by atoms with E-state index in [-0.39, 0.29) is 0 Å². The van der Waals surface area contributed by atoms with E-state index in [0.717, 1.165) is 34.3 Å². The molecule has 0 unspecified atom stereocenters. The van der Waals surface area contributed by atoms with Gasteiger partial charge < -0.3 is 0 Å². The van der Waals surface area contributed by atoms with E-state index in [1.807, 2.05) is 36.0 Å². The average molecular weight is 354 g/mol. The summed E-state index contributed by atoms with van der Waals surface area (Å²) >= 11 is 5.97. The first kappa shape index (κ1) is 17.7. The lowest BCUT2D eigenvalue weighted by atomic mass is 9.98. The van der Waals surface area contributed by atoms with Gasteiger partial charge in [-0.15, -0.1) is 0 Å². The second-order valence-corrected chi connectivity index (χ2v) is 6.86. The Labute approximate surface area is 154 Å². The van der Waals surface area contributed by atoms with Gasteiger partial charge in [-0.2, -0.15) is 5.10 Å². The molecule has 130 valence electrons. The van der Waals surface area contributed by atoms with Crippen molar-refractivity contribution in [2.24, 2.45) is 0 Å². The van der Waals surface area contributed by atoms with Gasteiger partial charge in [0.15, 0.2) is 0 Å². The van der Waals surface area contributed by atoms with Crippen molar-refractivity contribution in [2.75, 3.05) is 0 Å². The van der Waals surface area contributed by atoms with E-state index in [1.165, 1.54) is 31.2 Å². The van der Waals surface area contributed by atoms with Crippen LogP contribution < -0.4 is 0 Å². The lowest BCUT2D eigenvalue weighted by Crippen LogP contribution is -1.96. The molecular formula is C21H24ClN3. The van der Waals surface area contributed by atoms with Gasteiger partial charge in [-0.05, 0) is 60.7 Å². The number of hydrogen-bond donors (Lipinski definition) is 0. The molecule has 3 nitrogen and oxygen atoms in total. The second kappa shape index (κ2) is 7.83. The summed E-state index contributed by atoms with van der Waals surface area (Å²) in [6.45, 7) is 8.48. The summed E-state index contributed by atoms with van der Waals surface area (Å²) in [6.07, 6.45) is 10.1. The summed E-state index contributed by atoms with van der Waals surface area (Å²) in [5, 5.41) is 4.99. The van der Waals surface area contributed by atoms with Crippen LogP contribution in [-0.2, 0) is 6.42 Å². The van der Waals surface area contributed by atoms with Gasteiger partial charge in [0.2, 0.25) is 0 Å². The first-order valence-electron chi connectivity index (χ1n) is 8.89. The van der Waals surface area contributed by atoms with E-state index >= 15 is 0 Å². The van der Waals surface area contributed by atoms with Crippen molar-refractivity contribution in [2.45, 2.75) is 46.0 Å². The van der Waals surface area contributed by atoms with Crippen LogP contribution in [0.15, 0.2) is 43.2 Å². The van der Waals surface area contributed by atoms with E-state index in [0.29, 0.717) is 5.15 Å². The molecule has 0 aliphatic heterocycles. The summed E-state index contributed by atoms with van der Waals surface area (Å²) in [5.41, 5.74) is 6.44. The monoisotopic (exact) mass is 353 g/mol. The Morgan fingerprint density at radius 3 is 2.80 bits per heavy atom. The molecule has 0 atom stereocenters. The van der Waals surface area contributed by atoms with Crippen LogP contribution in [0.3, 0.4) is 0 Å². The molecule has 0 N–H and O–H groups in total. The summed E-state index contributed by atoms with van der Waals surface area (Å²) in [4.78, 5) is 4.34. The van der Waals surface area contributed by atoms with Crippen molar-refractivity contribution in [1.82, 2.24) is 14.6 Å². The maximum Gasteiger partial charge on any atom is 0.129 e. The molecule has 4 heteroatoms. The number of unbranched alkanes of at least 4 members (excludes halogenated alkanes) is 3. The van der Waals surface area contributed by atoms with Gasteiger partial charge in [-0.25, -0.2) is 9.50 Å². The molecular weight excluding hydrogens is 330 g/mol. The number of aryl methyl sites for hydroxylation is 2. The fraction of sp³-hybridized carbons (Fsp3) is 0.333. The number of hydrogen-bond acceptors (Lipinski definition) is 2. The first-order valence-corrected chi connectivity index (χ1v) is 9.27. The van der Waals surface area contributed by atoms with Gasteiger partial charge in [0, 0.05) is 17.5 Å². The molecule has 0 bridgehead atoms. The minimum atomic E-state index is 0.509. The first-order chi connectivity index (χ1) is 12.1. The molecule has 3 aromatic rings. The Kier molecular flexibility index (Phi) is 5.54. The van der Waals surface area contributed by atoms with Gasteiger partial charge >= 0.3 is 0 Å². The molecule has 0 saturated carbocycles. The van der Waals surface area contributed by atoms with Crippen molar-refractivity contribution < 1.29 is 0 Å². The van der Waals surface area contributed by atoms with Crippen LogP contribution in [0.2, 0.25) is 5.15 Å². The van der Waals surface area contributed by atoms with Crippen molar-refractivity contribution in [3.8, 4) is 0 Å². The molecule has 3 rings (SSSR count). The lowest BCUT2D eigenvalue weighted by Gasteiger charge is -2.10. The van der Waals surface area contributed by atoms with Crippen LogP contribution in [0, 0.1) is 6.92 Å². The Bertz CT molecular complexity index is 895. The number of rotatable bonds is 7. The van der Waals surface area contributed by atoms with Gasteiger partial charge in [0.25, 0.3) is 0 Å². The standard InChI is InChI=1S/C21H24ClN3/c1-4-5-6-7-8-18-14-23-25-12-11-17(13-20(18)25)15(2)19-9-10-21(22)24-16(19)3/h9-14H,2,4-8H2,1,3H3. The Balaban J connectivity index is 1.88. The maximum atomic E-state index is 5.97. The molecule has 0 aromatic carbocycles. The maximum absolute atomic E-state index is 5.97. The highest BCUT2D eigenvalue weighted by molar-refractivity contribution is 6.29. The molecule has 0 spiro atoms. The minimum Gasteiger partial charge on any atom is -0.241 e. The van der Waals surface area contributed by atoms with Crippen molar-refractivity contribution in [3.63, 3.8) is 0 Å². The normalized spacial score (nSPS) is 11.2. The zero-order valence-corrected chi connectivity index (χ0v) is 15.7. The second-order valence-electron chi connectivity index (χ2n) is 6.47. The van der Waals surface area contributed by atoms with Crippen LogP contribution >= 0.6 is 11.6 Å². The average Bonchev–Trinajstić information content (AvgIpc) is 3.00. The zero-order chi connectivity index (χ0) is 17.8. The largest absolute Gasteiger partial charge is 0.241 e. The summed E-state index contributed by atoms with van der Waals surface area (Å²) in [5.74, 6) is 0. The van der Waals surface area contributed by atoms with Crippen LogP contribution in [0.25, 0.3) is 11.1 Å². The van der Waals surface area contributed by atoms with E-state index < -0.39 is 0 Å². The van der Waals surface area contributed by atoms with E-state index in [1.54, 1.807) is 0 Å². The third-order valence-electron chi connectivity index (χ3n) is 4.63. The van der Waals surface area contributed by atoms with Crippen LogP contribution in [0.1, 0.15) is 55.0 Å². The van der Waals surface area contributed by atoms with Crippen molar-refractivity contribution in [3.05, 3.63) is 70.8 Å². The fourth-order valence-electron chi connectivity index (χ4n) is 3.16. The van der Waals surface area contributed by atoms with Crippen LogP contribution in [0.4, 0.5) is 0 Å². The quantitative estimate of drug-likeness (QED) is 0.392. The third kappa shape index (κ3) is 3.93. The molecule has 25 heavy (non-hydrogen) atoms. The molecule has 0 aliphatic rings. The lowest BCUT2D eigenvalue weighted by molar-refractivity contribution is 0.668.